The molecule has 0 radical (unpaired) electrons. The van der Waals surface area contributed by atoms with Gasteiger partial charge in [-0.1, -0.05) is 25.4 Å². The van der Waals surface area contributed by atoms with Gasteiger partial charge in [-0.15, -0.1) is 0 Å². The van der Waals surface area contributed by atoms with E-state index in [1.165, 1.54) is 0 Å². The van der Waals surface area contributed by atoms with Crippen molar-refractivity contribution in [1.82, 2.24) is 4.90 Å². The Morgan fingerprint density at radius 1 is 1.33 bits per heavy atom. The predicted octanol–water partition coefficient (Wildman–Crippen LogP) is 3.45. The molecule has 1 rings (SSSR count). The van der Waals surface area contributed by atoms with Crippen molar-refractivity contribution in [1.29, 1.82) is 0 Å². The average Bonchev–Trinajstić information content (AvgIpc) is 2.37. The van der Waals surface area contributed by atoms with E-state index in [1.54, 1.807) is 0 Å². The van der Waals surface area contributed by atoms with Gasteiger partial charge in [0.2, 0.25) is 0 Å². The number of anilines is 1. The molecule has 3 nitrogen and oxygen atoms in total. The van der Waals surface area contributed by atoms with Gasteiger partial charge in [-0.2, -0.15) is 0 Å². The first kappa shape index (κ1) is 15.1. The second-order valence-corrected chi connectivity index (χ2v) is 4.56. The van der Waals surface area contributed by atoms with Crippen LogP contribution in [0.3, 0.4) is 0 Å². The molecule has 0 spiro atoms. The lowest BCUT2D eigenvalue weighted by Crippen LogP contribution is -2.25. The Balaban J connectivity index is 2.41. The standard InChI is InChI=1S/C13H18ClN3S/c1-3-17(4-2)10-9-15-13(18)16-12-7-5-11(14)6-8-12/h5-9H,3-4,10H2,1-2H3,(H,16,18)/b15-9-. The Labute approximate surface area is 119 Å². The number of rotatable bonds is 5. The highest BCUT2D eigenvalue weighted by Crippen LogP contribution is 2.13. The minimum absolute atomic E-state index is 0.462. The number of thiocarbonyl (C=S) groups is 1. The molecule has 1 N–H and O–H groups in total. The Hall–Kier alpha value is -0.970. The van der Waals surface area contributed by atoms with E-state index in [1.807, 2.05) is 30.5 Å². The van der Waals surface area contributed by atoms with E-state index in [0.29, 0.717) is 10.1 Å². The van der Waals surface area contributed by atoms with Gasteiger partial charge in [-0.25, -0.2) is 4.99 Å². The van der Waals surface area contributed by atoms with Gasteiger partial charge in [-0.05, 0) is 49.6 Å². The van der Waals surface area contributed by atoms with Crippen LogP contribution in [0.1, 0.15) is 13.8 Å². The Morgan fingerprint density at radius 2 is 1.94 bits per heavy atom. The zero-order chi connectivity index (χ0) is 13.4. The normalized spacial score (nSPS) is 11.1. The maximum Gasteiger partial charge on any atom is 0.196 e. The van der Waals surface area contributed by atoms with E-state index in [2.05, 4.69) is 29.1 Å². The molecule has 18 heavy (non-hydrogen) atoms. The van der Waals surface area contributed by atoms with Gasteiger partial charge in [0, 0.05) is 23.5 Å². The third-order valence-corrected chi connectivity index (χ3v) is 3.00. The second kappa shape index (κ2) is 8.19. The van der Waals surface area contributed by atoms with E-state index < -0.39 is 0 Å². The molecule has 0 atom stereocenters. The summed E-state index contributed by atoms with van der Waals surface area (Å²) < 4.78 is 0. The number of nitrogens with zero attached hydrogens (tertiary/aromatic N) is 2. The molecule has 98 valence electrons. The van der Waals surface area contributed by atoms with E-state index in [-0.39, 0.29) is 0 Å². The van der Waals surface area contributed by atoms with E-state index in [9.17, 15) is 0 Å². The molecule has 5 heteroatoms. The van der Waals surface area contributed by atoms with Crippen LogP contribution in [0.4, 0.5) is 5.69 Å². The van der Waals surface area contributed by atoms with Crippen LogP contribution in [0.5, 0.6) is 0 Å². The van der Waals surface area contributed by atoms with Crippen molar-refractivity contribution in [3.8, 4) is 0 Å². The number of hydrogen-bond acceptors (Lipinski definition) is 2. The Morgan fingerprint density at radius 3 is 2.50 bits per heavy atom. The minimum Gasteiger partial charge on any atom is -0.331 e. The van der Waals surface area contributed by atoms with Crippen molar-refractivity contribution >= 4 is 40.8 Å². The molecule has 0 aliphatic rings. The van der Waals surface area contributed by atoms with Gasteiger partial charge in [0.05, 0.1) is 0 Å². The van der Waals surface area contributed by atoms with Crippen LogP contribution in [0.25, 0.3) is 0 Å². The first-order chi connectivity index (χ1) is 8.65. The number of nitrogens with one attached hydrogen (secondary N) is 1. The van der Waals surface area contributed by atoms with Crippen molar-refractivity contribution in [3.63, 3.8) is 0 Å². The third kappa shape index (κ3) is 5.58. The summed E-state index contributed by atoms with van der Waals surface area (Å²) in [6, 6.07) is 7.36. The minimum atomic E-state index is 0.462. The maximum atomic E-state index is 5.80. The fourth-order valence-corrected chi connectivity index (χ4v) is 1.73. The lowest BCUT2D eigenvalue weighted by atomic mass is 10.3. The van der Waals surface area contributed by atoms with Gasteiger partial charge in [0.15, 0.2) is 5.11 Å². The van der Waals surface area contributed by atoms with E-state index in [0.717, 1.165) is 25.3 Å². The first-order valence-corrected chi connectivity index (χ1v) is 6.75. The molecular formula is C13H18ClN3S. The van der Waals surface area contributed by atoms with Crippen molar-refractivity contribution < 1.29 is 0 Å². The smallest absolute Gasteiger partial charge is 0.196 e. The van der Waals surface area contributed by atoms with Gasteiger partial charge in [0.1, 0.15) is 0 Å². The zero-order valence-electron chi connectivity index (χ0n) is 10.7. The number of hydrogen-bond donors (Lipinski definition) is 1. The Kier molecular flexibility index (Phi) is 6.86. The van der Waals surface area contributed by atoms with Crippen LogP contribution in [0.2, 0.25) is 5.02 Å². The predicted molar refractivity (Wildman–Crippen MR) is 84.0 cm³/mol. The Bertz CT molecular complexity index is 399. The van der Waals surface area contributed by atoms with Crippen LogP contribution in [0, 0.1) is 0 Å². The van der Waals surface area contributed by atoms with Gasteiger partial charge < -0.3 is 5.32 Å². The number of halogens is 1. The fraction of sp³-hybridized carbons (Fsp3) is 0.385. The average molecular weight is 284 g/mol. The molecule has 0 amide bonds. The molecule has 0 unspecified atom stereocenters. The summed E-state index contributed by atoms with van der Waals surface area (Å²) >= 11 is 10.9. The lowest BCUT2D eigenvalue weighted by molar-refractivity contribution is 0.350. The highest BCUT2D eigenvalue weighted by atomic mass is 35.5. The fourth-order valence-electron chi connectivity index (χ4n) is 1.41. The van der Waals surface area contributed by atoms with Crippen LogP contribution in [-0.2, 0) is 0 Å². The molecule has 0 bridgehead atoms. The molecule has 0 heterocycles. The molecule has 0 saturated carbocycles. The molecular weight excluding hydrogens is 266 g/mol. The molecule has 1 aromatic carbocycles. The highest BCUT2D eigenvalue weighted by Gasteiger charge is 1.97. The van der Waals surface area contributed by atoms with E-state index >= 15 is 0 Å². The molecule has 0 fully saturated rings. The summed E-state index contributed by atoms with van der Waals surface area (Å²) in [5, 5.41) is 4.20. The van der Waals surface area contributed by atoms with Crippen molar-refractivity contribution in [2.75, 3.05) is 25.0 Å². The first-order valence-electron chi connectivity index (χ1n) is 5.97. The lowest BCUT2D eigenvalue weighted by Gasteiger charge is -2.14. The van der Waals surface area contributed by atoms with Crippen LogP contribution in [0.15, 0.2) is 29.3 Å². The summed E-state index contributed by atoms with van der Waals surface area (Å²) in [7, 11) is 0. The molecule has 0 aliphatic carbocycles. The van der Waals surface area contributed by atoms with Gasteiger partial charge >= 0.3 is 0 Å². The summed E-state index contributed by atoms with van der Waals surface area (Å²) in [5.74, 6) is 0. The molecule has 1 aromatic rings. The van der Waals surface area contributed by atoms with Gasteiger partial charge in [-0.3, -0.25) is 4.90 Å². The molecule has 0 saturated heterocycles. The topological polar surface area (TPSA) is 27.6 Å². The third-order valence-electron chi connectivity index (χ3n) is 2.54. The second-order valence-electron chi connectivity index (χ2n) is 3.73. The zero-order valence-corrected chi connectivity index (χ0v) is 12.3. The van der Waals surface area contributed by atoms with Crippen molar-refractivity contribution in [2.45, 2.75) is 13.8 Å². The summed E-state index contributed by atoms with van der Waals surface area (Å²) in [4.78, 5) is 6.46. The monoisotopic (exact) mass is 283 g/mol. The van der Waals surface area contributed by atoms with Crippen molar-refractivity contribution in [2.24, 2.45) is 4.99 Å². The van der Waals surface area contributed by atoms with Crippen LogP contribution in [-0.4, -0.2) is 35.9 Å². The van der Waals surface area contributed by atoms with Gasteiger partial charge in [0.25, 0.3) is 0 Å². The number of aliphatic imine (C=N–C) groups is 1. The quantitative estimate of drug-likeness (QED) is 0.662. The SMILES string of the molecule is CCN(CC)C/C=N\C(=S)Nc1ccc(Cl)cc1. The summed E-state index contributed by atoms with van der Waals surface area (Å²) in [6.45, 7) is 7.10. The summed E-state index contributed by atoms with van der Waals surface area (Å²) in [5.41, 5.74) is 0.893. The van der Waals surface area contributed by atoms with Crippen LogP contribution >= 0.6 is 23.8 Å². The van der Waals surface area contributed by atoms with E-state index in [4.69, 9.17) is 23.8 Å². The maximum absolute atomic E-state index is 5.80. The molecule has 0 aromatic heterocycles. The van der Waals surface area contributed by atoms with Crippen LogP contribution < -0.4 is 5.32 Å². The highest BCUT2D eigenvalue weighted by molar-refractivity contribution is 7.80. The largest absolute Gasteiger partial charge is 0.331 e. The van der Waals surface area contributed by atoms with Crippen molar-refractivity contribution in [3.05, 3.63) is 29.3 Å². The molecule has 0 aliphatic heterocycles. The number of benzene rings is 1. The summed E-state index contributed by atoms with van der Waals surface area (Å²) in [6.07, 6.45) is 1.83.